The van der Waals surface area contributed by atoms with Crippen LogP contribution in [0.4, 0.5) is 4.79 Å². The van der Waals surface area contributed by atoms with Crippen LogP contribution < -0.4 is 15.4 Å². The summed E-state index contributed by atoms with van der Waals surface area (Å²) in [5, 5.41) is 5.79. The van der Waals surface area contributed by atoms with Gasteiger partial charge in [0.1, 0.15) is 5.75 Å². The summed E-state index contributed by atoms with van der Waals surface area (Å²) < 4.78 is 6.22. The van der Waals surface area contributed by atoms with Crippen LogP contribution in [0.3, 0.4) is 0 Å². The van der Waals surface area contributed by atoms with Crippen molar-refractivity contribution >= 4 is 29.0 Å². The van der Waals surface area contributed by atoms with Crippen molar-refractivity contribution < 1.29 is 9.53 Å². The fourth-order valence-electron chi connectivity index (χ4n) is 2.42. The Morgan fingerprint density at radius 3 is 3.05 bits per heavy atom. The summed E-state index contributed by atoms with van der Waals surface area (Å²) >= 11 is 7.33. The molecule has 4 nitrogen and oxygen atoms in total. The van der Waals surface area contributed by atoms with Gasteiger partial charge in [-0.25, -0.2) is 4.79 Å². The molecule has 6 heteroatoms. The third-order valence-electron chi connectivity index (χ3n) is 3.61. The van der Waals surface area contributed by atoms with Crippen molar-refractivity contribution in [1.82, 2.24) is 10.6 Å². The average Bonchev–Trinajstić information content (AvgIpc) is 3.12. The third-order valence-corrected chi connectivity index (χ3v) is 4.84. The van der Waals surface area contributed by atoms with Gasteiger partial charge in [-0.2, -0.15) is 0 Å². The first-order valence-corrected chi connectivity index (χ1v) is 8.35. The Hall–Kier alpha value is -1.72. The number of amides is 2. The molecule has 2 amide bonds. The van der Waals surface area contributed by atoms with Gasteiger partial charge in [0, 0.05) is 11.3 Å². The fourth-order valence-corrected chi connectivity index (χ4v) is 3.45. The molecule has 0 radical (unpaired) electrons. The van der Waals surface area contributed by atoms with Crippen LogP contribution in [-0.2, 0) is 13.0 Å². The van der Waals surface area contributed by atoms with Crippen molar-refractivity contribution in [3.8, 4) is 5.75 Å². The van der Waals surface area contributed by atoms with E-state index >= 15 is 0 Å². The number of thiophene rings is 1. The standard InChI is InChI=1S/C16H17ClN2O2S/c1-10(11-2-4-14-12(8-11)6-7-21-14)19-16(20)18-9-13-3-5-15(17)22-13/h2-5,8,10H,6-7,9H2,1H3,(H2,18,19,20)/t10-/m1/s1. The average molecular weight is 337 g/mol. The van der Waals surface area contributed by atoms with Gasteiger partial charge in [0.15, 0.2) is 0 Å². The van der Waals surface area contributed by atoms with E-state index in [1.165, 1.54) is 16.9 Å². The predicted molar refractivity (Wildman–Crippen MR) is 88.8 cm³/mol. The zero-order valence-electron chi connectivity index (χ0n) is 12.2. The van der Waals surface area contributed by atoms with Crippen LogP contribution in [0.5, 0.6) is 5.75 Å². The molecule has 22 heavy (non-hydrogen) atoms. The van der Waals surface area contributed by atoms with Crippen LogP contribution in [0.25, 0.3) is 0 Å². The Morgan fingerprint density at radius 2 is 2.27 bits per heavy atom. The molecule has 2 N–H and O–H groups in total. The second-order valence-corrected chi connectivity index (χ2v) is 7.02. The summed E-state index contributed by atoms with van der Waals surface area (Å²) in [6.45, 7) is 3.19. The molecule has 1 aromatic heterocycles. The lowest BCUT2D eigenvalue weighted by atomic mass is 10.0. The van der Waals surface area contributed by atoms with Crippen LogP contribution in [0, 0.1) is 0 Å². The number of hydrogen-bond donors (Lipinski definition) is 2. The summed E-state index contributed by atoms with van der Waals surface area (Å²) in [6, 6.07) is 9.57. The highest BCUT2D eigenvalue weighted by molar-refractivity contribution is 7.16. The van der Waals surface area contributed by atoms with Gasteiger partial charge in [-0.1, -0.05) is 17.7 Å². The molecule has 1 atom stereocenters. The van der Waals surface area contributed by atoms with Gasteiger partial charge in [0.25, 0.3) is 0 Å². The number of ether oxygens (including phenoxy) is 1. The van der Waals surface area contributed by atoms with E-state index in [1.807, 2.05) is 31.2 Å². The van der Waals surface area contributed by atoms with E-state index < -0.39 is 0 Å². The molecule has 1 aromatic carbocycles. The minimum Gasteiger partial charge on any atom is -0.493 e. The lowest BCUT2D eigenvalue weighted by molar-refractivity contribution is 0.237. The number of benzene rings is 1. The minimum atomic E-state index is -0.186. The summed E-state index contributed by atoms with van der Waals surface area (Å²) in [7, 11) is 0. The van der Waals surface area contributed by atoms with Crippen molar-refractivity contribution in [3.05, 3.63) is 50.7 Å². The summed E-state index contributed by atoms with van der Waals surface area (Å²) in [4.78, 5) is 13.0. The number of hydrogen-bond acceptors (Lipinski definition) is 3. The Balaban J connectivity index is 1.54. The van der Waals surface area contributed by atoms with E-state index in [0.29, 0.717) is 6.54 Å². The molecule has 0 fully saturated rings. The maximum Gasteiger partial charge on any atom is 0.315 e. The maximum atomic E-state index is 12.0. The zero-order valence-corrected chi connectivity index (χ0v) is 13.8. The summed E-state index contributed by atoms with van der Waals surface area (Å²) in [5.74, 6) is 0.954. The molecule has 0 saturated carbocycles. The van der Waals surface area contributed by atoms with Gasteiger partial charge in [0.2, 0.25) is 0 Å². The zero-order chi connectivity index (χ0) is 15.5. The smallest absolute Gasteiger partial charge is 0.315 e. The number of rotatable bonds is 4. The molecule has 0 spiro atoms. The molecular formula is C16H17ClN2O2S. The van der Waals surface area contributed by atoms with E-state index in [-0.39, 0.29) is 12.1 Å². The molecular weight excluding hydrogens is 320 g/mol. The van der Waals surface area contributed by atoms with Gasteiger partial charge in [-0.3, -0.25) is 0 Å². The highest BCUT2D eigenvalue weighted by Gasteiger charge is 2.15. The Labute approximate surface area is 138 Å². The first-order chi connectivity index (χ1) is 10.6. The van der Waals surface area contributed by atoms with E-state index in [0.717, 1.165) is 33.6 Å². The van der Waals surface area contributed by atoms with Gasteiger partial charge in [-0.05, 0) is 42.3 Å². The second kappa shape index (κ2) is 6.58. The van der Waals surface area contributed by atoms with E-state index in [4.69, 9.17) is 16.3 Å². The van der Waals surface area contributed by atoms with Crippen molar-refractivity contribution in [2.24, 2.45) is 0 Å². The number of fused-ring (bicyclic) bond motifs is 1. The van der Waals surface area contributed by atoms with E-state index in [2.05, 4.69) is 16.7 Å². The van der Waals surface area contributed by atoms with Gasteiger partial charge in [0.05, 0.1) is 23.5 Å². The van der Waals surface area contributed by atoms with Gasteiger partial charge < -0.3 is 15.4 Å². The molecule has 2 aromatic rings. The Bertz CT molecular complexity index is 687. The van der Waals surface area contributed by atoms with Crippen molar-refractivity contribution in [3.63, 3.8) is 0 Å². The van der Waals surface area contributed by atoms with E-state index in [1.54, 1.807) is 0 Å². The molecule has 0 aliphatic carbocycles. The summed E-state index contributed by atoms with van der Waals surface area (Å²) in [6.07, 6.45) is 0.932. The minimum absolute atomic E-state index is 0.0576. The largest absolute Gasteiger partial charge is 0.493 e. The number of nitrogens with one attached hydrogen (secondary N) is 2. The third kappa shape index (κ3) is 3.54. The molecule has 1 aliphatic rings. The molecule has 3 rings (SSSR count). The predicted octanol–water partition coefficient (Wildman–Crippen LogP) is 3.90. The quantitative estimate of drug-likeness (QED) is 0.889. The van der Waals surface area contributed by atoms with Crippen molar-refractivity contribution in [1.29, 1.82) is 0 Å². The first-order valence-electron chi connectivity index (χ1n) is 7.16. The molecule has 0 unspecified atom stereocenters. The normalized spacial score (nSPS) is 14.1. The number of urea groups is 1. The van der Waals surface area contributed by atoms with Crippen LogP contribution >= 0.6 is 22.9 Å². The number of carbonyl (C=O) groups is 1. The van der Waals surface area contributed by atoms with Crippen LogP contribution in [-0.4, -0.2) is 12.6 Å². The van der Waals surface area contributed by atoms with Crippen molar-refractivity contribution in [2.75, 3.05) is 6.61 Å². The Kier molecular flexibility index (Phi) is 4.55. The SMILES string of the molecule is C[C@@H](NC(=O)NCc1ccc(Cl)s1)c1ccc2c(c1)CCO2. The first kappa shape index (κ1) is 15.2. The molecule has 0 saturated heterocycles. The number of halogens is 1. The second-order valence-electron chi connectivity index (χ2n) is 5.22. The van der Waals surface area contributed by atoms with Gasteiger partial charge >= 0.3 is 6.03 Å². The van der Waals surface area contributed by atoms with E-state index in [9.17, 15) is 4.79 Å². The van der Waals surface area contributed by atoms with Crippen LogP contribution in [0.1, 0.15) is 29.0 Å². The molecule has 116 valence electrons. The van der Waals surface area contributed by atoms with Gasteiger partial charge in [-0.15, -0.1) is 11.3 Å². The van der Waals surface area contributed by atoms with Crippen molar-refractivity contribution in [2.45, 2.75) is 25.9 Å². The van der Waals surface area contributed by atoms with Crippen LogP contribution in [0.15, 0.2) is 30.3 Å². The number of carbonyl (C=O) groups excluding carboxylic acids is 1. The van der Waals surface area contributed by atoms with Crippen LogP contribution in [0.2, 0.25) is 4.34 Å². The fraction of sp³-hybridized carbons (Fsp3) is 0.312. The molecule has 0 bridgehead atoms. The highest BCUT2D eigenvalue weighted by atomic mass is 35.5. The lowest BCUT2D eigenvalue weighted by Gasteiger charge is -2.15. The topological polar surface area (TPSA) is 50.4 Å². The highest BCUT2D eigenvalue weighted by Crippen LogP contribution is 2.28. The molecule has 1 aliphatic heterocycles. The Morgan fingerprint density at radius 1 is 1.41 bits per heavy atom. The maximum absolute atomic E-state index is 12.0. The monoisotopic (exact) mass is 336 g/mol. The lowest BCUT2D eigenvalue weighted by Crippen LogP contribution is -2.36. The molecule has 2 heterocycles. The summed E-state index contributed by atoms with van der Waals surface area (Å²) in [5.41, 5.74) is 2.29.